The SMILES string of the molecule is CCc1nnc(Nc2ccn(CCCOC)n2)nc1CC. The molecule has 0 fully saturated rings. The normalized spacial score (nSPS) is 10.8. The highest BCUT2D eigenvalue weighted by Gasteiger charge is 2.07. The van der Waals surface area contributed by atoms with Gasteiger partial charge in [0.05, 0.1) is 11.4 Å². The average Bonchev–Trinajstić information content (AvgIpc) is 2.95. The summed E-state index contributed by atoms with van der Waals surface area (Å²) in [5, 5.41) is 15.8. The number of nitrogens with zero attached hydrogens (tertiary/aromatic N) is 5. The smallest absolute Gasteiger partial charge is 0.248 e. The van der Waals surface area contributed by atoms with Crippen LogP contribution in [0, 0.1) is 0 Å². The van der Waals surface area contributed by atoms with Gasteiger partial charge in [-0.15, -0.1) is 10.2 Å². The molecule has 0 aromatic carbocycles. The molecule has 1 N–H and O–H groups in total. The van der Waals surface area contributed by atoms with E-state index >= 15 is 0 Å². The first kappa shape index (κ1) is 15.4. The molecule has 0 aliphatic heterocycles. The Morgan fingerprint density at radius 3 is 2.71 bits per heavy atom. The second-order valence-electron chi connectivity index (χ2n) is 4.67. The van der Waals surface area contributed by atoms with Gasteiger partial charge in [0.15, 0.2) is 5.82 Å². The Morgan fingerprint density at radius 2 is 2.00 bits per heavy atom. The minimum atomic E-state index is 0.492. The zero-order chi connectivity index (χ0) is 15.1. The van der Waals surface area contributed by atoms with Crippen LogP contribution in [-0.4, -0.2) is 38.7 Å². The minimum absolute atomic E-state index is 0.492. The quantitative estimate of drug-likeness (QED) is 0.749. The van der Waals surface area contributed by atoms with Gasteiger partial charge < -0.3 is 10.1 Å². The van der Waals surface area contributed by atoms with E-state index in [1.807, 2.05) is 16.9 Å². The minimum Gasteiger partial charge on any atom is -0.385 e. The molecule has 2 rings (SSSR count). The molecule has 7 heteroatoms. The molecule has 0 bridgehead atoms. The first-order valence-electron chi connectivity index (χ1n) is 7.28. The van der Waals surface area contributed by atoms with E-state index in [-0.39, 0.29) is 0 Å². The van der Waals surface area contributed by atoms with Crippen LogP contribution in [0.3, 0.4) is 0 Å². The lowest BCUT2D eigenvalue weighted by Crippen LogP contribution is -2.07. The summed E-state index contributed by atoms with van der Waals surface area (Å²) in [4.78, 5) is 4.49. The zero-order valence-corrected chi connectivity index (χ0v) is 12.8. The first-order valence-corrected chi connectivity index (χ1v) is 7.28. The Balaban J connectivity index is 2.01. The van der Waals surface area contributed by atoms with Gasteiger partial charge in [-0.2, -0.15) is 5.10 Å². The number of aromatic nitrogens is 5. The zero-order valence-electron chi connectivity index (χ0n) is 12.8. The van der Waals surface area contributed by atoms with Crippen LogP contribution in [0.25, 0.3) is 0 Å². The molecule has 2 aromatic rings. The van der Waals surface area contributed by atoms with E-state index in [1.54, 1.807) is 7.11 Å². The van der Waals surface area contributed by atoms with Gasteiger partial charge in [-0.1, -0.05) is 13.8 Å². The maximum absolute atomic E-state index is 5.03. The van der Waals surface area contributed by atoms with Gasteiger partial charge >= 0.3 is 0 Å². The van der Waals surface area contributed by atoms with Gasteiger partial charge in [0.25, 0.3) is 0 Å². The number of aryl methyl sites for hydroxylation is 3. The number of nitrogens with one attached hydrogen (secondary N) is 1. The van der Waals surface area contributed by atoms with E-state index in [0.717, 1.165) is 49.6 Å². The predicted octanol–water partition coefficient (Wildman–Crippen LogP) is 1.97. The molecule has 21 heavy (non-hydrogen) atoms. The van der Waals surface area contributed by atoms with E-state index in [1.165, 1.54) is 0 Å². The van der Waals surface area contributed by atoms with Crippen molar-refractivity contribution in [2.24, 2.45) is 0 Å². The van der Waals surface area contributed by atoms with Crippen LogP contribution < -0.4 is 5.32 Å². The van der Waals surface area contributed by atoms with Crippen molar-refractivity contribution < 1.29 is 4.74 Å². The van der Waals surface area contributed by atoms with Crippen molar-refractivity contribution in [1.29, 1.82) is 0 Å². The fourth-order valence-corrected chi connectivity index (χ4v) is 2.03. The van der Waals surface area contributed by atoms with Gasteiger partial charge in [0, 0.05) is 32.5 Å². The standard InChI is InChI=1S/C14H22N6O/c1-4-11-12(5-2)17-18-14(15-11)16-13-7-9-20(19-13)8-6-10-21-3/h7,9H,4-6,8,10H2,1-3H3,(H,15,16,18,19). The average molecular weight is 290 g/mol. The van der Waals surface area contributed by atoms with Crippen molar-refractivity contribution in [3.63, 3.8) is 0 Å². The van der Waals surface area contributed by atoms with Crippen LogP contribution in [-0.2, 0) is 24.1 Å². The van der Waals surface area contributed by atoms with Crippen LogP contribution >= 0.6 is 0 Å². The van der Waals surface area contributed by atoms with E-state index in [4.69, 9.17) is 4.74 Å². The monoisotopic (exact) mass is 290 g/mol. The highest BCUT2D eigenvalue weighted by molar-refractivity contribution is 5.46. The topological polar surface area (TPSA) is 77.8 Å². The van der Waals surface area contributed by atoms with E-state index in [2.05, 4.69) is 39.4 Å². The molecule has 0 radical (unpaired) electrons. The highest BCUT2D eigenvalue weighted by atomic mass is 16.5. The summed E-state index contributed by atoms with van der Waals surface area (Å²) < 4.78 is 6.90. The summed E-state index contributed by atoms with van der Waals surface area (Å²) >= 11 is 0. The summed E-state index contributed by atoms with van der Waals surface area (Å²) in [6, 6.07) is 1.90. The third-order valence-electron chi connectivity index (χ3n) is 3.13. The predicted molar refractivity (Wildman–Crippen MR) is 80.6 cm³/mol. The molecular weight excluding hydrogens is 268 g/mol. The van der Waals surface area contributed by atoms with Crippen LogP contribution in [0.4, 0.5) is 11.8 Å². The number of methoxy groups -OCH3 is 1. The van der Waals surface area contributed by atoms with Gasteiger partial charge in [0.2, 0.25) is 5.95 Å². The van der Waals surface area contributed by atoms with E-state index in [9.17, 15) is 0 Å². The molecule has 0 aliphatic carbocycles. The molecule has 0 unspecified atom stereocenters. The molecular formula is C14H22N6O. The highest BCUT2D eigenvalue weighted by Crippen LogP contribution is 2.12. The molecule has 0 amide bonds. The van der Waals surface area contributed by atoms with E-state index in [0.29, 0.717) is 5.95 Å². The second kappa shape index (κ2) is 7.68. The van der Waals surface area contributed by atoms with Crippen molar-refractivity contribution in [2.45, 2.75) is 39.7 Å². The Morgan fingerprint density at radius 1 is 1.19 bits per heavy atom. The summed E-state index contributed by atoms with van der Waals surface area (Å²) in [6.45, 7) is 5.68. The van der Waals surface area contributed by atoms with Crippen LogP contribution in [0.1, 0.15) is 31.7 Å². The van der Waals surface area contributed by atoms with Crippen molar-refractivity contribution in [3.8, 4) is 0 Å². The van der Waals surface area contributed by atoms with Crippen LogP contribution in [0.5, 0.6) is 0 Å². The Bertz CT molecular complexity index is 568. The van der Waals surface area contributed by atoms with Gasteiger partial charge in [-0.25, -0.2) is 4.98 Å². The number of hydrogen-bond donors (Lipinski definition) is 1. The molecule has 0 saturated carbocycles. The molecule has 114 valence electrons. The largest absolute Gasteiger partial charge is 0.385 e. The Hall–Kier alpha value is -2.02. The fourth-order valence-electron chi connectivity index (χ4n) is 2.03. The van der Waals surface area contributed by atoms with Crippen LogP contribution in [0.2, 0.25) is 0 Å². The third-order valence-corrected chi connectivity index (χ3v) is 3.13. The summed E-state index contributed by atoms with van der Waals surface area (Å²) in [7, 11) is 1.70. The van der Waals surface area contributed by atoms with Crippen LogP contribution in [0.15, 0.2) is 12.3 Å². The summed E-state index contributed by atoms with van der Waals surface area (Å²) in [5.74, 6) is 1.21. The Kier molecular flexibility index (Phi) is 5.62. The molecule has 2 aromatic heterocycles. The van der Waals surface area contributed by atoms with Crippen molar-refractivity contribution in [3.05, 3.63) is 23.7 Å². The Labute approximate surface area is 124 Å². The summed E-state index contributed by atoms with van der Waals surface area (Å²) in [6.07, 6.45) is 4.55. The fraction of sp³-hybridized carbons (Fsp3) is 0.571. The van der Waals surface area contributed by atoms with Gasteiger partial charge in [-0.3, -0.25) is 4.68 Å². The number of ether oxygens (including phenoxy) is 1. The lowest BCUT2D eigenvalue weighted by atomic mass is 10.2. The number of hydrogen-bond acceptors (Lipinski definition) is 6. The molecule has 2 heterocycles. The summed E-state index contributed by atoms with van der Waals surface area (Å²) in [5.41, 5.74) is 1.93. The first-order chi connectivity index (χ1) is 10.3. The van der Waals surface area contributed by atoms with Crippen molar-refractivity contribution in [1.82, 2.24) is 25.0 Å². The van der Waals surface area contributed by atoms with Gasteiger partial charge in [-0.05, 0) is 19.3 Å². The number of rotatable bonds is 8. The molecule has 0 saturated heterocycles. The molecule has 0 atom stereocenters. The maximum Gasteiger partial charge on any atom is 0.248 e. The van der Waals surface area contributed by atoms with Crippen molar-refractivity contribution >= 4 is 11.8 Å². The lowest BCUT2D eigenvalue weighted by Gasteiger charge is -2.06. The number of anilines is 2. The molecule has 0 spiro atoms. The van der Waals surface area contributed by atoms with Gasteiger partial charge in [0.1, 0.15) is 0 Å². The molecule has 0 aliphatic rings. The molecule has 7 nitrogen and oxygen atoms in total. The maximum atomic E-state index is 5.03. The van der Waals surface area contributed by atoms with E-state index < -0.39 is 0 Å². The third kappa shape index (κ3) is 4.22. The second-order valence-corrected chi connectivity index (χ2v) is 4.67. The van der Waals surface area contributed by atoms with Crippen molar-refractivity contribution in [2.75, 3.05) is 19.0 Å². The lowest BCUT2D eigenvalue weighted by molar-refractivity contribution is 0.189.